The first-order valence-corrected chi connectivity index (χ1v) is 16.9. The highest BCUT2D eigenvalue weighted by Gasteiger charge is 2.41. The Morgan fingerprint density at radius 1 is 0.979 bits per heavy atom. The largest absolute Gasteiger partial charge is 0.481 e. The second-order valence-corrected chi connectivity index (χ2v) is 13.5. The number of rotatable bonds is 9. The van der Waals surface area contributed by atoms with Crippen LogP contribution in [0, 0.1) is 5.92 Å². The zero-order chi connectivity index (χ0) is 32.1. The highest BCUT2D eigenvalue weighted by atomic mass is 35.5. The fraction of sp³-hybridized carbons (Fsp3) is 0.333. The van der Waals surface area contributed by atoms with E-state index < -0.39 is 0 Å². The Hall–Kier alpha value is -4.02. The lowest BCUT2D eigenvalue weighted by molar-refractivity contribution is -0.119. The van der Waals surface area contributed by atoms with Crippen molar-refractivity contribution in [3.05, 3.63) is 82.2 Å². The lowest BCUT2D eigenvalue weighted by Gasteiger charge is -2.20. The fourth-order valence-electron chi connectivity index (χ4n) is 7.42. The molecule has 2 bridgehead atoms. The van der Waals surface area contributed by atoms with Gasteiger partial charge in [-0.15, -0.1) is 0 Å². The first-order valence-electron chi connectivity index (χ1n) is 16.2. The van der Waals surface area contributed by atoms with Gasteiger partial charge in [-0.2, -0.15) is 0 Å². The number of hydrogen-bond donors (Lipinski definition) is 4. The molecule has 1 aliphatic carbocycles. The molecule has 3 aromatic heterocycles. The maximum absolute atomic E-state index is 11.5. The number of imidazole rings is 1. The Bertz CT molecular complexity index is 2000. The Morgan fingerprint density at radius 3 is 2.64 bits per heavy atom. The topological polar surface area (TPSA) is 117 Å². The molecule has 0 spiro atoms. The summed E-state index contributed by atoms with van der Waals surface area (Å²) >= 11 is 14.2. The molecule has 5 heterocycles. The molecular weight excluding hydrogens is 633 g/mol. The second-order valence-electron chi connectivity index (χ2n) is 12.8. The molecule has 3 aliphatic rings. The molecule has 4 atom stereocenters. The quantitative estimate of drug-likeness (QED) is 0.136. The van der Waals surface area contributed by atoms with Crippen molar-refractivity contribution in [2.75, 3.05) is 13.7 Å². The van der Waals surface area contributed by atoms with Crippen LogP contribution in [0.25, 0.3) is 44.7 Å². The van der Waals surface area contributed by atoms with Crippen LogP contribution in [-0.4, -0.2) is 51.6 Å². The number of halogens is 2. The van der Waals surface area contributed by atoms with E-state index >= 15 is 0 Å². The summed E-state index contributed by atoms with van der Waals surface area (Å²) in [6.45, 7) is 1.25. The molecule has 3 fully saturated rings. The lowest BCUT2D eigenvalue weighted by atomic mass is 9.99. The number of hydrogen-bond acceptors (Lipinski definition) is 7. The van der Waals surface area contributed by atoms with Gasteiger partial charge in [0.25, 0.3) is 0 Å². The number of aromatic amines is 1. The van der Waals surface area contributed by atoms with E-state index in [1.165, 1.54) is 19.3 Å². The molecule has 1 amide bonds. The van der Waals surface area contributed by atoms with Crippen LogP contribution in [0.1, 0.15) is 49.5 Å². The van der Waals surface area contributed by atoms with Crippen molar-refractivity contribution in [3.8, 4) is 39.5 Å². The molecule has 240 valence electrons. The number of aromatic nitrogens is 4. The Kier molecular flexibility index (Phi) is 8.09. The predicted molar refractivity (Wildman–Crippen MR) is 184 cm³/mol. The molecular formula is C36H35Cl2N7O2. The summed E-state index contributed by atoms with van der Waals surface area (Å²) in [6.07, 6.45) is 6.95. The molecule has 2 aromatic carbocycles. The van der Waals surface area contributed by atoms with E-state index in [1.807, 2.05) is 48.5 Å². The Morgan fingerprint density at radius 2 is 1.85 bits per heavy atom. The summed E-state index contributed by atoms with van der Waals surface area (Å²) in [5.41, 5.74) is 7.43. The molecule has 1 saturated carbocycles. The molecule has 9 nitrogen and oxygen atoms in total. The van der Waals surface area contributed by atoms with Gasteiger partial charge in [0.15, 0.2) is 0 Å². The van der Waals surface area contributed by atoms with E-state index in [9.17, 15) is 4.79 Å². The van der Waals surface area contributed by atoms with Crippen LogP contribution >= 0.6 is 23.2 Å². The molecule has 2 aliphatic heterocycles. The van der Waals surface area contributed by atoms with E-state index in [4.69, 9.17) is 37.9 Å². The minimum Gasteiger partial charge on any atom is -0.481 e. The van der Waals surface area contributed by atoms with Crippen LogP contribution in [0.5, 0.6) is 5.88 Å². The van der Waals surface area contributed by atoms with Crippen LogP contribution in [-0.2, 0) is 11.3 Å². The minimum absolute atomic E-state index is 0.108. The second kappa shape index (κ2) is 12.5. The van der Waals surface area contributed by atoms with Crippen LogP contribution in [0.2, 0.25) is 10.0 Å². The summed E-state index contributed by atoms with van der Waals surface area (Å²) in [5.74, 6) is 2.29. The van der Waals surface area contributed by atoms with Gasteiger partial charge >= 0.3 is 0 Å². The molecule has 8 rings (SSSR count). The zero-order valence-corrected chi connectivity index (χ0v) is 27.5. The summed E-state index contributed by atoms with van der Waals surface area (Å²) in [5, 5.41) is 11.2. The van der Waals surface area contributed by atoms with Crippen molar-refractivity contribution in [3.63, 3.8) is 0 Å². The molecule has 4 N–H and O–H groups in total. The zero-order valence-electron chi connectivity index (χ0n) is 25.9. The summed E-state index contributed by atoms with van der Waals surface area (Å²) in [7, 11) is 1.61. The Labute approximate surface area is 282 Å². The molecule has 2 saturated heterocycles. The van der Waals surface area contributed by atoms with Crippen molar-refractivity contribution in [1.82, 2.24) is 35.9 Å². The van der Waals surface area contributed by atoms with Crippen LogP contribution in [0.4, 0.5) is 0 Å². The van der Waals surface area contributed by atoms with Crippen molar-refractivity contribution in [2.24, 2.45) is 5.92 Å². The summed E-state index contributed by atoms with van der Waals surface area (Å²) in [6, 6.07) is 18.9. The normalized spacial score (nSPS) is 21.9. The number of amides is 1. The molecule has 5 aromatic rings. The average Bonchev–Trinajstić information content (AvgIpc) is 3.90. The number of pyridine rings is 2. The maximum Gasteiger partial charge on any atom is 0.220 e. The highest BCUT2D eigenvalue weighted by molar-refractivity contribution is 6.39. The van der Waals surface area contributed by atoms with Gasteiger partial charge in [-0.3, -0.25) is 9.78 Å². The lowest BCUT2D eigenvalue weighted by Crippen LogP contribution is -2.35. The van der Waals surface area contributed by atoms with Crippen molar-refractivity contribution >= 4 is 40.1 Å². The molecule has 47 heavy (non-hydrogen) atoms. The minimum atomic E-state index is 0.108. The molecule has 0 unspecified atom stereocenters. The predicted octanol–water partition coefficient (Wildman–Crippen LogP) is 6.85. The van der Waals surface area contributed by atoms with Gasteiger partial charge in [0.05, 0.1) is 45.6 Å². The van der Waals surface area contributed by atoms with Crippen molar-refractivity contribution in [1.29, 1.82) is 0 Å². The third-order valence-corrected chi connectivity index (χ3v) is 10.6. The monoisotopic (exact) mass is 667 g/mol. The summed E-state index contributed by atoms with van der Waals surface area (Å²) in [4.78, 5) is 29.5. The van der Waals surface area contributed by atoms with E-state index in [-0.39, 0.29) is 11.9 Å². The SMILES string of the molecule is COc1nc(-c2cccc(-c3ccnc(-c4ccc5nc([C@@H]6N[C@H]7CC[C@@H]6C7)[nH]c5c4)c3Cl)c2Cl)ccc1CNC[C@@H]1CCC(=O)N1. The number of fused-ring (bicyclic) bond motifs is 3. The van der Waals surface area contributed by atoms with Gasteiger partial charge in [0.2, 0.25) is 11.8 Å². The van der Waals surface area contributed by atoms with E-state index in [0.717, 1.165) is 51.1 Å². The van der Waals surface area contributed by atoms with Crippen LogP contribution in [0.3, 0.4) is 0 Å². The van der Waals surface area contributed by atoms with Gasteiger partial charge < -0.3 is 25.7 Å². The number of carbonyl (C=O) groups excluding carboxylic acids is 1. The number of nitrogens with zero attached hydrogens (tertiary/aromatic N) is 3. The van der Waals surface area contributed by atoms with E-state index in [1.54, 1.807) is 13.3 Å². The van der Waals surface area contributed by atoms with Gasteiger partial charge in [-0.25, -0.2) is 9.97 Å². The third kappa shape index (κ3) is 5.75. The third-order valence-electron chi connectivity index (χ3n) is 9.81. The van der Waals surface area contributed by atoms with Gasteiger partial charge in [0, 0.05) is 65.6 Å². The number of piperidine rings is 1. The van der Waals surface area contributed by atoms with Gasteiger partial charge in [0.1, 0.15) is 5.82 Å². The van der Waals surface area contributed by atoms with E-state index in [2.05, 4.69) is 32.0 Å². The number of carbonyl (C=O) groups is 1. The van der Waals surface area contributed by atoms with Crippen molar-refractivity contribution in [2.45, 2.75) is 56.8 Å². The smallest absolute Gasteiger partial charge is 0.220 e. The average molecular weight is 669 g/mol. The standard InChI is InChI=1S/C36H35Cl2N7O2/c1-47-36-21(17-39-18-23-9-12-30(46)41-23)7-10-27(45-36)26-4-2-3-24(31(26)37)25-13-14-40-33(32(25)38)20-6-11-28-29(16-20)44-35(43-28)34-19-5-8-22(15-19)42-34/h2-4,6-7,10-11,13-14,16,19,22-23,34,39,42H,5,8-9,12,15,17-18H2,1H3,(H,41,46)(H,43,44)/t19-,22+,23+,34-/m1/s1. The number of ether oxygens (including phenoxy) is 1. The number of nitrogens with one attached hydrogen (secondary N) is 4. The first kappa shape index (κ1) is 30.3. The van der Waals surface area contributed by atoms with Crippen LogP contribution < -0.4 is 20.7 Å². The van der Waals surface area contributed by atoms with Crippen LogP contribution in [0.15, 0.2) is 60.8 Å². The number of methoxy groups -OCH3 is 1. The molecule has 0 radical (unpaired) electrons. The van der Waals surface area contributed by atoms with Gasteiger partial charge in [-0.1, -0.05) is 53.5 Å². The maximum atomic E-state index is 11.5. The van der Waals surface area contributed by atoms with Gasteiger partial charge in [-0.05, 0) is 55.9 Å². The number of benzene rings is 2. The number of H-pyrrole nitrogens is 1. The van der Waals surface area contributed by atoms with E-state index in [0.29, 0.717) is 64.8 Å². The fourth-order valence-corrected chi connectivity index (χ4v) is 8.07. The first-order chi connectivity index (χ1) is 22.9. The van der Waals surface area contributed by atoms with Crippen molar-refractivity contribution < 1.29 is 9.53 Å². The molecule has 11 heteroatoms. The highest BCUT2D eigenvalue weighted by Crippen LogP contribution is 2.44. The summed E-state index contributed by atoms with van der Waals surface area (Å²) < 4.78 is 5.66. The Balaban J connectivity index is 1.05.